The minimum Gasteiger partial charge on any atom is -0.351 e. The third-order valence-electron chi connectivity index (χ3n) is 3.26. The normalized spacial score (nSPS) is 15.0. The Balaban J connectivity index is 0.00000200. The fraction of sp³-hybridized carbons (Fsp3) is 0.692. The van der Waals surface area contributed by atoms with Crippen molar-refractivity contribution >= 4 is 42.1 Å². The molecule has 5 nitrogen and oxygen atoms in total. The van der Waals surface area contributed by atoms with Gasteiger partial charge in [-0.15, -0.1) is 36.2 Å². The van der Waals surface area contributed by atoms with Crippen molar-refractivity contribution in [1.29, 1.82) is 0 Å². The van der Waals surface area contributed by atoms with Crippen molar-refractivity contribution in [2.24, 2.45) is 0 Å². The van der Waals surface area contributed by atoms with Gasteiger partial charge in [0.15, 0.2) is 0 Å². The van der Waals surface area contributed by atoms with E-state index >= 15 is 0 Å². The molecule has 21 heavy (non-hydrogen) atoms. The van der Waals surface area contributed by atoms with Gasteiger partial charge in [-0.2, -0.15) is 0 Å². The molecule has 0 bridgehead atoms. The summed E-state index contributed by atoms with van der Waals surface area (Å²) in [7, 11) is 0. The highest BCUT2D eigenvalue weighted by Crippen LogP contribution is 2.16. The molecule has 2 N–H and O–H groups in total. The molecule has 0 aromatic carbocycles. The Hall–Kier alpha value is -0.400. The summed E-state index contributed by atoms with van der Waals surface area (Å²) >= 11 is 1.47. The summed E-state index contributed by atoms with van der Waals surface area (Å²) in [6.07, 6.45) is 1.00. The van der Waals surface area contributed by atoms with Gasteiger partial charge < -0.3 is 15.5 Å². The van der Waals surface area contributed by atoms with E-state index in [9.17, 15) is 4.79 Å². The van der Waals surface area contributed by atoms with Gasteiger partial charge >= 0.3 is 0 Å². The standard InChI is InChI=1S/C13H22N4OS.2ClH/c1-10-12(19-11(2)16-10)13(18)15-4-3-7-17-8-5-14-6-9-17;;/h14H,3-9H2,1-2H3,(H,15,18);2*1H. The number of halogens is 2. The highest BCUT2D eigenvalue weighted by Gasteiger charge is 2.13. The van der Waals surface area contributed by atoms with Crippen LogP contribution in [0, 0.1) is 13.8 Å². The van der Waals surface area contributed by atoms with Crippen LogP contribution in [0.2, 0.25) is 0 Å². The van der Waals surface area contributed by atoms with Crippen molar-refractivity contribution in [2.75, 3.05) is 39.3 Å². The van der Waals surface area contributed by atoms with Gasteiger partial charge in [0, 0.05) is 32.7 Å². The Morgan fingerprint density at radius 3 is 2.57 bits per heavy atom. The molecule has 0 aliphatic carbocycles. The maximum atomic E-state index is 12.0. The van der Waals surface area contributed by atoms with Gasteiger partial charge in [-0.25, -0.2) is 4.98 Å². The molecule has 0 radical (unpaired) electrons. The summed E-state index contributed by atoms with van der Waals surface area (Å²) in [6, 6.07) is 0. The summed E-state index contributed by atoms with van der Waals surface area (Å²) < 4.78 is 0. The van der Waals surface area contributed by atoms with Crippen LogP contribution in [0.15, 0.2) is 0 Å². The lowest BCUT2D eigenvalue weighted by Gasteiger charge is -2.27. The third-order valence-corrected chi connectivity index (χ3v) is 4.33. The van der Waals surface area contributed by atoms with Crippen LogP contribution in [-0.4, -0.2) is 55.1 Å². The van der Waals surface area contributed by atoms with Crippen LogP contribution in [0.3, 0.4) is 0 Å². The van der Waals surface area contributed by atoms with Crippen molar-refractivity contribution in [3.63, 3.8) is 0 Å². The predicted octanol–water partition coefficient (Wildman–Crippen LogP) is 1.63. The molecule has 0 spiro atoms. The molecule has 8 heteroatoms. The maximum absolute atomic E-state index is 12.0. The number of amides is 1. The average Bonchev–Trinajstić information content (AvgIpc) is 2.75. The first-order valence-corrected chi connectivity index (χ1v) is 7.64. The van der Waals surface area contributed by atoms with Crippen molar-refractivity contribution in [1.82, 2.24) is 20.5 Å². The van der Waals surface area contributed by atoms with Gasteiger partial charge in [0.25, 0.3) is 5.91 Å². The number of thiazole rings is 1. The van der Waals surface area contributed by atoms with Crippen LogP contribution >= 0.6 is 36.2 Å². The molecule has 0 saturated carbocycles. The number of hydrogen-bond acceptors (Lipinski definition) is 5. The van der Waals surface area contributed by atoms with Gasteiger partial charge in [-0.05, 0) is 26.8 Å². The number of nitrogens with zero attached hydrogens (tertiary/aromatic N) is 2. The Bertz CT molecular complexity index is 436. The molecule has 1 aliphatic rings. The van der Waals surface area contributed by atoms with Gasteiger partial charge in [0.2, 0.25) is 0 Å². The van der Waals surface area contributed by atoms with Gasteiger partial charge in [-0.1, -0.05) is 0 Å². The SMILES string of the molecule is Cc1nc(C)c(C(=O)NCCCN2CCNCC2)s1.Cl.Cl. The first-order chi connectivity index (χ1) is 9.16. The van der Waals surface area contributed by atoms with Crippen LogP contribution < -0.4 is 10.6 Å². The largest absolute Gasteiger partial charge is 0.351 e. The average molecular weight is 355 g/mol. The zero-order valence-corrected chi connectivity index (χ0v) is 14.9. The molecule has 2 heterocycles. The molecule has 1 aliphatic heterocycles. The van der Waals surface area contributed by atoms with E-state index in [4.69, 9.17) is 0 Å². The molecule has 2 rings (SSSR count). The summed E-state index contributed by atoms with van der Waals surface area (Å²) in [5.41, 5.74) is 0.835. The van der Waals surface area contributed by atoms with E-state index in [2.05, 4.69) is 20.5 Å². The molecular formula is C13H24Cl2N4OS. The summed E-state index contributed by atoms with van der Waals surface area (Å²) in [5, 5.41) is 7.27. The second kappa shape index (κ2) is 10.3. The summed E-state index contributed by atoms with van der Waals surface area (Å²) in [5.74, 6) is 0.0170. The molecule has 122 valence electrons. The zero-order valence-electron chi connectivity index (χ0n) is 12.5. The van der Waals surface area contributed by atoms with Crippen LogP contribution in [0.25, 0.3) is 0 Å². The van der Waals surface area contributed by atoms with Crippen LogP contribution in [0.4, 0.5) is 0 Å². The third kappa shape index (κ3) is 6.48. The smallest absolute Gasteiger partial charge is 0.263 e. The highest BCUT2D eigenvalue weighted by atomic mass is 35.5. The van der Waals surface area contributed by atoms with Gasteiger partial charge in [-0.3, -0.25) is 4.79 Å². The van der Waals surface area contributed by atoms with Gasteiger partial charge in [0.05, 0.1) is 10.7 Å². The second-order valence-electron chi connectivity index (χ2n) is 4.85. The Kier molecular flexibility index (Phi) is 10.1. The highest BCUT2D eigenvalue weighted by molar-refractivity contribution is 7.13. The molecule has 1 aromatic heterocycles. The maximum Gasteiger partial charge on any atom is 0.263 e. The lowest BCUT2D eigenvalue weighted by atomic mass is 10.3. The van der Waals surface area contributed by atoms with E-state index < -0.39 is 0 Å². The fourth-order valence-corrected chi connectivity index (χ4v) is 3.10. The lowest BCUT2D eigenvalue weighted by Crippen LogP contribution is -2.44. The van der Waals surface area contributed by atoms with E-state index in [-0.39, 0.29) is 30.7 Å². The monoisotopic (exact) mass is 354 g/mol. The Labute approximate surface area is 142 Å². The van der Waals surface area contributed by atoms with E-state index in [1.165, 1.54) is 11.3 Å². The molecule has 1 fully saturated rings. The number of carbonyl (C=O) groups excluding carboxylic acids is 1. The van der Waals surface area contributed by atoms with E-state index in [0.717, 1.165) is 61.3 Å². The second-order valence-corrected chi connectivity index (χ2v) is 6.05. The fourth-order valence-electron chi connectivity index (χ4n) is 2.26. The molecule has 1 amide bonds. The Morgan fingerprint density at radius 2 is 2.00 bits per heavy atom. The van der Waals surface area contributed by atoms with Crippen LogP contribution in [0.5, 0.6) is 0 Å². The number of hydrogen-bond donors (Lipinski definition) is 2. The number of aryl methyl sites for hydroxylation is 2. The molecule has 1 aromatic rings. The first kappa shape index (κ1) is 20.6. The van der Waals surface area contributed by atoms with Crippen molar-refractivity contribution in [3.05, 3.63) is 15.6 Å². The zero-order chi connectivity index (χ0) is 13.7. The number of carbonyl (C=O) groups is 1. The summed E-state index contributed by atoms with van der Waals surface area (Å²) in [6.45, 7) is 9.99. The molecular weight excluding hydrogens is 331 g/mol. The van der Waals surface area contributed by atoms with Gasteiger partial charge in [0.1, 0.15) is 4.88 Å². The molecule has 0 atom stereocenters. The number of nitrogens with one attached hydrogen (secondary N) is 2. The number of rotatable bonds is 5. The number of piperazine rings is 1. The Morgan fingerprint density at radius 1 is 1.33 bits per heavy atom. The van der Waals surface area contributed by atoms with Crippen molar-refractivity contribution < 1.29 is 4.79 Å². The van der Waals surface area contributed by atoms with Crippen molar-refractivity contribution in [3.8, 4) is 0 Å². The molecule has 0 unspecified atom stereocenters. The lowest BCUT2D eigenvalue weighted by molar-refractivity contribution is 0.0954. The van der Waals surface area contributed by atoms with Crippen molar-refractivity contribution in [2.45, 2.75) is 20.3 Å². The van der Waals surface area contributed by atoms with E-state index in [0.29, 0.717) is 0 Å². The van der Waals surface area contributed by atoms with E-state index in [1.807, 2.05) is 13.8 Å². The number of aromatic nitrogens is 1. The first-order valence-electron chi connectivity index (χ1n) is 6.82. The van der Waals surface area contributed by atoms with Crippen LogP contribution in [0.1, 0.15) is 26.8 Å². The van der Waals surface area contributed by atoms with Crippen LogP contribution in [-0.2, 0) is 0 Å². The predicted molar refractivity (Wildman–Crippen MR) is 92.3 cm³/mol. The minimum atomic E-state index is 0. The molecule has 1 saturated heterocycles. The van der Waals surface area contributed by atoms with E-state index in [1.54, 1.807) is 0 Å². The topological polar surface area (TPSA) is 57.3 Å². The minimum absolute atomic E-state index is 0. The quantitative estimate of drug-likeness (QED) is 0.789. The summed E-state index contributed by atoms with van der Waals surface area (Å²) in [4.78, 5) is 19.4.